The summed E-state index contributed by atoms with van der Waals surface area (Å²) in [5.41, 5.74) is 1.50. The number of alkyl halides is 3. The Balaban J connectivity index is 1.73. The number of hydrogen-bond acceptors (Lipinski definition) is 6. The normalized spacial score (nSPS) is 11.9. The highest BCUT2D eigenvalue weighted by Crippen LogP contribution is 2.25. The third-order valence-corrected chi connectivity index (χ3v) is 5.06. The standard InChI is InChI=1S/C23H16F3N5O3/c1-30-11-14-10-13(2-7-17(14)29-30)20-22(33)31(15-3-5-16(32)6-4-15)21-18(27-20)8-9-19(28-21)34-12-23(24,25)26/h2-11,32H,12H2,1H3. The average Bonchev–Trinajstić information content (AvgIpc) is 3.17. The summed E-state index contributed by atoms with van der Waals surface area (Å²) in [5, 5.41) is 14.8. The van der Waals surface area contributed by atoms with Crippen LogP contribution >= 0.6 is 0 Å². The zero-order valence-electron chi connectivity index (χ0n) is 17.6. The highest BCUT2D eigenvalue weighted by molar-refractivity contribution is 5.85. The second kappa shape index (κ2) is 7.87. The van der Waals surface area contributed by atoms with Crippen LogP contribution in [0.2, 0.25) is 0 Å². The van der Waals surface area contributed by atoms with Crippen molar-refractivity contribution in [1.29, 1.82) is 0 Å². The second-order valence-electron chi connectivity index (χ2n) is 7.59. The van der Waals surface area contributed by atoms with E-state index in [9.17, 15) is 23.1 Å². The Kier molecular flexibility index (Phi) is 4.96. The first kappa shape index (κ1) is 21.4. The van der Waals surface area contributed by atoms with Gasteiger partial charge in [0.25, 0.3) is 5.56 Å². The molecule has 0 aliphatic rings. The predicted molar refractivity (Wildman–Crippen MR) is 118 cm³/mol. The first-order chi connectivity index (χ1) is 16.2. The number of halogens is 3. The number of aryl methyl sites for hydroxylation is 1. The van der Waals surface area contributed by atoms with E-state index in [4.69, 9.17) is 4.74 Å². The zero-order chi connectivity index (χ0) is 24.0. The SMILES string of the molecule is Cn1cc2cc(-c3nc4ccc(OCC(F)(F)F)nc4n(-c4ccc(O)cc4)c3=O)ccc2n1. The van der Waals surface area contributed by atoms with Gasteiger partial charge in [-0.05, 0) is 42.5 Å². The van der Waals surface area contributed by atoms with Crippen molar-refractivity contribution in [3.63, 3.8) is 0 Å². The molecule has 0 radical (unpaired) electrons. The summed E-state index contributed by atoms with van der Waals surface area (Å²) in [6.07, 6.45) is -2.73. The molecule has 34 heavy (non-hydrogen) atoms. The molecule has 1 N–H and O–H groups in total. The van der Waals surface area contributed by atoms with Crippen molar-refractivity contribution in [3.05, 3.63) is 71.1 Å². The summed E-state index contributed by atoms with van der Waals surface area (Å²) in [6, 6.07) is 13.8. The van der Waals surface area contributed by atoms with E-state index in [-0.39, 0.29) is 28.5 Å². The highest BCUT2D eigenvalue weighted by atomic mass is 19.4. The Morgan fingerprint density at radius 2 is 1.74 bits per heavy atom. The minimum Gasteiger partial charge on any atom is -0.508 e. The van der Waals surface area contributed by atoms with Crippen LogP contribution in [0.4, 0.5) is 13.2 Å². The van der Waals surface area contributed by atoms with Crippen LogP contribution in [-0.4, -0.2) is 42.2 Å². The van der Waals surface area contributed by atoms with Crippen molar-refractivity contribution >= 4 is 22.1 Å². The molecule has 0 saturated heterocycles. The van der Waals surface area contributed by atoms with Gasteiger partial charge in [0.15, 0.2) is 12.3 Å². The van der Waals surface area contributed by atoms with E-state index in [0.29, 0.717) is 11.3 Å². The topological polar surface area (TPSA) is 95.1 Å². The number of benzene rings is 2. The van der Waals surface area contributed by atoms with Crippen molar-refractivity contribution in [2.45, 2.75) is 6.18 Å². The van der Waals surface area contributed by atoms with Crippen molar-refractivity contribution in [2.75, 3.05) is 6.61 Å². The van der Waals surface area contributed by atoms with Gasteiger partial charge in [-0.25, -0.2) is 4.98 Å². The summed E-state index contributed by atoms with van der Waals surface area (Å²) in [5.74, 6) is -0.317. The molecule has 0 aliphatic carbocycles. The van der Waals surface area contributed by atoms with E-state index in [1.54, 1.807) is 29.9 Å². The van der Waals surface area contributed by atoms with Gasteiger partial charge in [-0.15, -0.1) is 0 Å². The number of pyridine rings is 1. The van der Waals surface area contributed by atoms with Gasteiger partial charge in [0.05, 0.1) is 11.2 Å². The van der Waals surface area contributed by atoms with Gasteiger partial charge in [0, 0.05) is 30.3 Å². The lowest BCUT2D eigenvalue weighted by Gasteiger charge is -2.14. The van der Waals surface area contributed by atoms with Gasteiger partial charge < -0.3 is 9.84 Å². The molecule has 0 bridgehead atoms. The average molecular weight is 467 g/mol. The number of nitrogens with zero attached hydrogens (tertiary/aromatic N) is 5. The van der Waals surface area contributed by atoms with Crippen molar-refractivity contribution in [2.24, 2.45) is 7.05 Å². The molecule has 0 aliphatic heterocycles. The monoisotopic (exact) mass is 467 g/mol. The summed E-state index contributed by atoms with van der Waals surface area (Å²) < 4.78 is 45.5. The number of rotatable bonds is 4. The van der Waals surface area contributed by atoms with E-state index in [1.807, 2.05) is 6.20 Å². The molecular weight excluding hydrogens is 451 g/mol. The molecule has 3 heterocycles. The molecule has 5 aromatic rings. The number of aromatic nitrogens is 5. The number of phenols is 1. The Labute approximate surface area is 189 Å². The Bertz CT molecular complexity index is 1590. The number of aromatic hydroxyl groups is 1. The second-order valence-corrected chi connectivity index (χ2v) is 7.59. The first-order valence-electron chi connectivity index (χ1n) is 10.0. The summed E-state index contributed by atoms with van der Waals surface area (Å²) in [4.78, 5) is 22.2. The van der Waals surface area contributed by atoms with Crippen LogP contribution in [0, 0.1) is 0 Å². The van der Waals surface area contributed by atoms with Crippen LogP contribution in [0.3, 0.4) is 0 Å². The maximum atomic E-state index is 13.6. The fraction of sp³-hybridized carbons (Fsp3) is 0.130. The molecule has 3 aromatic heterocycles. The molecule has 11 heteroatoms. The number of fused-ring (bicyclic) bond motifs is 2. The molecule has 0 amide bonds. The van der Waals surface area contributed by atoms with Crippen molar-refractivity contribution in [1.82, 2.24) is 24.3 Å². The predicted octanol–water partition coefficient (Wildman–Crippen LogP) is 3.98. The lowest BCUT2D eigenvalue weighted by atomic mass is 10.1. The van der Waals surface area contributed by atoms with E-state index in [0.717, 1.165) is 10.9 Å². The number of hydrogen-bond donors (Lipinski definition) is 1. The van der Waals surface area contributed by atoms with E-state index >= 15 is 0 Å². The van der Waals surface area contributed by atoms with Crippen molar-refractivity contribution in [3.8, 4) is 28.6 Å². The van der Waals surface area contributed by atoms with Gasteiger partial charge >= 0.3 is 6.18 Å². The van der Waals surface area contributed by atoms with Crippen LogP contribution in [0.25, 0.3) is 39.0 Å². The van der Waals surface area contributed by atoms with Gasteiger partial charge in [-0.2, -0.15) is 23.3 Å². The minimum atomic E-state index is -4.54. The third-order valence-electron chi connectivity index (χ3n) is 5.06. The molecule has 5 rings (SSSR count). The lowest BCUT2D eigenvalue weighted by molar-refractivity contribution is -0.154. The molecule has 0 unspecified atom stereocenters. The van der Waals surface area contributed by atoms with Gasteiger partial charge in [0.2, 0.25) is 5.88 Å². The molecule has 0 fully saturated rings. The first-order valence-corrected chi connectivity index (χ1v) is 10.0. The molecule has 0 saturated carbocycles. The van der Waals surface area contributed by atoms with E-state index < -0.39 is 18.3 Å². The molecule has 2 aromatic carbocycles. The highest BCUT2D eigenvalue weighted by Gasteiger charge is 2.29. The van der Waals surface area contributed by atoms with Crippen LogP contribution in [-0.2, 0) is 7.05 Å². The zero-order valence-corrected chi connectivity index (χ0v) is 17.6. The number of ether oxygens (including phenoxy) is 1. The molecular formula is C23H16F3N5O3. The minimum absolute atomic E-state index is 0.0143. The van der Waals surface area contributed by atoms with E-state index in [1.165, 1.54) is 41.0 Å². The smallest absolute Gasteiger partial charge is 0.422 e. The van der Waals surface area contributed by atoms with Crippen molar-refractivity contribution < 1.29 is 23.0 Å². The Morgan fingerprint density at radius 1 is 1.00 bits per heavy atom. The van der Waals surface area contributed by atoms with E-state index in [2.05, 4.69) is 15.1 Å². The van der Waals surface area contributed by atoms with Gasteiger partial charge in [0.1, 0.15) is 17.0 Å². The number of phenolic OH excluding ortho intramolecular Hbond substituents is 1. The van der Waals surface area contributed by atoms with Crippen LogP contribution in [0.5, 0.6) is 11.6 Å². The maximum Gasteiger partial charge on any atom is 0.422 e. The Hall–Kier alpha value is -4.41. The third kappa shape index (κ3) is 4.03. The maximum absolute atomic E-state index is 13.6. The molecule has 0 atom stereocenters. The fourth-order valence-electron chi connectivity index (χ4n) is 3.61. The fourth-order valence-corrected chi connectivity index (χ4v) is 3.61. The largest absolute Gasteiger partial charge is 0.508 e. The van der Waals surface area contributed by atoms with Crippen LogP contribution in [0.1, 0.15) is 0 Å². The molecule has 172 valence electrons. The molecule has 0 spiro atoms. The summed E-state index contributed by atoms with van der Waals surface area (Å²) >= 11 is 0. The Morgan fingerprint density at radius 3 is 2.47 bits per heavy atom. The summed E-state index contributed by atoms with van der Waals surface area (Å²) in [7, 11) is 1.79. The summed E-state index contributed by atoms with van der Waals surface area (Å²) in [6.45, 7) is -1.52. The lowest BCUT2D eigenvalue weighted by Crippen LogP contribution is -2.23. The van der Waals surface area contributed by atoms with Crippen LogP contribution in [0.15, 0.2) is 65.6 Å². The van der Waals surface area contributed by atoms with Crippen LogP contribution < -0.4 is 10.3 Å². The van der Waals surface area contributed by atoms with Gasteiger partial charge in [-0.1, -0.05) is 6.07 Å². The van der Waals surface area contributed by atoms with Gasteiger partial charge in [-0.3, -0.25) is 14.0 Å². The quantitative estimate of drug-likeness (QED) is 0.430. The molecule has 8 nitrogen and oxygen atoms in total.